The van der Waals surface area contributed by atoms with E-state index in [1.807, 2.05) is 4.90 Å². The molecule has 1 unspecified atom stereocenters. The molecular formula is C14H20N2O2. The first-order valence-corrected chi connectivity index (χ1v) is 6.38. The SMILES string of the molecule is COc1cc(N)ccc1C(=O)N1CCCCC1C. The maximum absolute atomic E-state index is 12.5. The normalized spacial score (nSPS) is 19.7. The van der Waals surface area contributed by atoms with E-state index in [1.54, 1.807) is 25.3 Å². The van der Waals surface area contributed by atoms with Crippen LogP contribution in [0.1, 0.15) is 36.5 Å². The van der Waals surface area contributed by atoms with Crippen LogP contribution in [0.25, 0.3) is 0 Å². The molecule has 1 fully saturated rings. The third-order valence-corrected chi connectivity index (χ3v) is 3.52. The average molecular weight is 248 g/mol. The number of nitrogen functional groups attached to an aromatic ring is 1. The fraction of sp³-hybridized carbons (Fsp3) is 0.500. The summed E-state index contributed by atoms with van der Waals surface area (Å²) in [5, 5.41) is 0. The molecule has 2 N–H and O–H groups in total. The Labute approximate surface area is 108 Å². The highest BCUT2D eigenvalue weighted by Gasteiger charge is 2.26. The first-order valence-electron chi connectivity index (χ1n) is 6.38. The van der Waals surface area contributed by atoms with Crippen LogP contribution in [0.4, 0.5) is 5.69 Å². The van der Waals surface area contributed by atoms with Gasteiger partial charge in [-0.2, -0.15) is 0 Å². The number of hydrogen-bond donors (Lipinski definition) is 1. The van der Waals surface area contributed by atoms with Crippen molar-refractivity contribution in [2.75, 3.05) is 19.4 Å². The van der Waals surface area contributed by atoms with Crippen LogP contribution in [0.15, 0.2) is 18.2 Å². The van der Waals surface area contributed by atoms with Crippen molar-refractivity contribution in [1.82, 2.24) is 4.90 Å². The molecule has 1 atom stereocenters. The number of ether oxygens (including phenoxy) is 1. The zero-order chi connectivity index (χ0) is 13.1. The van der Waals surface area contributed by atoms with Gasteiger partial charge in [-0.1, -0.05) is 0 Å². The van der Waals surface area contributed by atoms with Crippen LogP contribution >= 0.6 is 0 Å². The number of rotatable bonds is 2. The molecular weight excluding hydrogens is 228 g/mol. The van der Waals surface area contributed by atoms with Gasteiger partial charge in [-0.25, -0.2) is 0 Å². The minimum atomic E-state index is 0.0408. The van der Waals surface area contributed by atoms with E-state index in [0.717, 1.165) is 19.4 Å². The summed E-state index contributed by atoms with van der Waals surface area (Å²) in [6.07, 6.45) is 3.35. The van der Waals surface area contributed by atoms with E-state index in [-0.39, 0.29) is 5.91 Å². The Balaban J connectivity index is 2.27. The van der Waals surface area contributed by atoms with Crippen LogP contribution in [0.3, 0.4) is 0 Å². The zero-order valence-corrected chi connectivity index (χ0v) is 11.0. The van der Waals surface area contributed by atoms with Crippen LogP contribution in [0.5, 0.6) is 5.75 Å². The first-order chi connectivity index (χ1) is 8.63. The van der Waals surface area contributed by atoms with Gasteiger partial charge in [0.05, 0.1) is 12.7 Å². The first kappa shape index (κ1) is 12.7. The quantitative estimate of drug-likeness (QED) is 0.817. The van der Waals surface area contributed by atoms with Crippen LogP contribution in [-0.2, 0) is 0 Å². The minimum absolute atomic E-state index is 0.0408. The van der Waals surface area contributed by atoms with E-state index in [1.165, 1.54) is 6.42 Å². The number of carbonyl (C=O) groups excluding carboxylic acids is 1. The fourth-order valence-corrected chi connectivity index (χ4v) is 2.44. The van der Waals surface area contributed by atoms with Gasteiger partial charge in [0.25, 0.3) is 5.91 Å². The van der Waals surface area contributed by atoms with Gasteiger partial charge in [0.15, 0.2) is 0 Å². The standard InChI is InChI=1S/C14H20N2O2/c1-10-5-3-4-8-16(10)14(17)12-7-6-11(15)9-13(12)18-2/h6-7,9-10H,3-5,8,15H2,1-2H3. The molecule has 1 aromatic rings. The Kier molecular flexibility index (Phi) is 3.75. The number of nitrogens with two attached hydrogens (primary N) is 1. The van der Waals surface area contributed by atoms with Crippen LogP contribution in [0, 0.1) is 0 Å². The molecule has 4 nitrogen and oxygen atoms in total. The third-order valence-electron chi connectivity index (χ3n) is 3.52. The van der Waals surface area contributed by atoms with Crippen LogP contribution in [-0.4, -0.2) is 30.5 Å². The second-order valence-electron chi connectivity index (χ2n) is 4.80. The smallest absolute Gasteiger partial charge is 0.257 e. The van der Waals surface area contributed by atoms with Crippen molar-refractivity contribution in [1.29, 1.82) is 0 Å². The topological polar surface area (TPSA) is 55.6 Å². The lowest BCUT2D eigenvalue weighted by Gasteiger charge is -2.33. The highest BCUT2D eigenvalue weighted by molar-refractivity contribution is 5.97. The molecule has 0 aliphatic carbocycles. The number of methoxy groups -OCH3 is 1. The third kappa shape index (κ3) is 2.42. The van der Waals surface area contributed by atoms with E-state index in [2.05, 4.69) is 6.92 Å². The number of anilines is 1. The average Bonchev–Trinajstić information content (AvgIpc) is 2.38. The number of benzene rings is 1. The molecule has 98 valence electrons. The van der Waals surface area contributed by atoms with E-state index in [0.29, 0.717) is 23.0 Å². The maximum Gasteiger partial charge on any atom is 0.257 e. The lowest BCUT2D eigenvalue weighted by molar-refractivity contribution is 0.0632. The Morgan fingerprint density at radius 3 is 2.89 bits per heavy atom. The van der Waals surface area contributed by atoms with Gasteiger partial charge in [-0.3, -0.25) is 4.79 Å². The van der Waals surface area contributed by atoms with E-state index in [4.69, 9.17) is 10.5 Å². The summed E-state index contributed by atoms with van der Waals surface area (Å²) >= 11 is 0. The highest BCUT2D eigenvalue weighted by Crippen LogP contribution is 2.26. The number of likely N-dealkylation sites (tertiary alicyclic amines) is 1. The number of piperidine rings is 1. The molecule has 18 heavy (non-hydrogen) atoms. The Morgan fingerprint density at radius 1 is 1.44 bits per heavy atom. The summed E-state index contributed by atoms with van der Waals surface area (Å²) in [7, 11) is 1.56. The molecule has 0 radical (unpaired) electrons. The summed E-state index contributed by atoms with van der Waals surface area (Å²) in [6, 6.07) is 5.48. The van der Waals surface area contributed by atoms with Gasteiger partial charge >= 0.3 is 0 Å². The maximum atomic E-state index is 12.5. The monoisotopic (exact) mass is 248 g/mol. The number of amides is 1. The molecule has 4 heteroatoms. The second kappa shape index (κ2) is 5.29. The van der Waals surface area contributed by atoms with Gasteiger partial charge in [-0.05, 0) is 38.3 Å². The van der Waals surface area contributed by atoms with Crippen molar-refractivity contribution in [2.24, 2.45) is 0 Å². The zero-order valence-electron chi connectivity index (χ0n) is 11.0. The fourth-order valence-electron chi connectivity index (χ4n) is 2.44. The van der Waals surface area contributed by atoms with Gasteiger partial charge in [0.1, 0.15) is 5.75 Å². The van der Waals surface area contributed by atoms with Crippen molar-refractivity contribution in [2.45, 2.75) is 32.2 Å². The summed E-state index contributed by atoms with van der Waals surface area (Å²) in [4.78, 5) is 14.4. The minimum Gasteiger partial charge on any atom is -0.496 e. The van der Waals surface area contributed by atoms with Gasteiger partial charge in [0.2, 0.25) is 0 Å². The molecule has 2 rings (SSSR count). The molecule has 0 aromatic heterocycles. The van der Waals surface area contributed by atoms with Gasteiger partial charge < -0.3 is 15.4 Å². The summed E-state index contributed by atoms with van der Waals surface area (Å²) in [6.45, 7) is 2.92. The van der Waals surface area contributed by atoms with Crippen molar-refractivity contribution < 1.29 is 9.53 Å². The Bertz CT molecular complexity index is 445. The van der Waals surface area contributed by atoms with E-state index in [9.17, 15) is 4.79 Å². The van der Waals surface area contributed by atoms with Gasteiger partial charge in [-0.15, -0.1) is 0 Å². The predicted octanol–water partition coefficient (Wildman–Crippen LogP) is 2.29. The molecule has 0 bridgehead atoms. The lowest BCUT2D eigenvalue weighted by Crippen LogP contribution is -2.42. The highest BCUT2D eigenvalue weighted by atomic mass is 16.5. The second-order valence-corrected chi connectivity index (χ2v) is 4.80. The molecule has 1 heterocycles. The van der Waals surface area contributed by atoms with Crippen molar-refractivity contribution in [3.05, 3.63) is 23.8 Å². The van der Waals surface area contributed by atoms with E-state index < -0.39 is 0 Å². The summed E-state index contributed by atoms with van der Waals surface area (Å²) < 4.78 is 5.25. The molecule has 1 aromatic carbocycles. The van der Waals surface area contributed by atoms with Crippen molar-refractivity contribution in [3.8, 4) is 5.75 Å². The molecule has 1 aliphatic rings. The van der Waals surface area contributed by atoms with E-state index >= 15 is 0 Å². The molecule has 0 spiro atoms. The van der Waals surface area contributed by atoms with Crippen LogP contribution in [0.2, 0.25) is 0 Å². The predicted molar refractivity (Wildman–Crippen MR) is 71.8 cm³/mol. The largest absolute Gasteiger partial charge is 0.496 e. The van der Waals surface area contributed by atoms with Crippen LogP contribution < -0.4 is 10.5 Å². The Morgan fingerprint density at radius 2 is 2.22 bits per heavy atom. The molecule has 1 amide bonds. The number of nitrogens with zero attached hydrogens (tertiary/aromatic N) is 1. The summed E-state index contributed by atoms with van der Waals surface area (Å²) in [5.74, 6) is 0.594. The molecule has 0 saturated carbocycles. The molecule has 1 aliphatic heterocycles. The van der Waals surface area contributed by atoms with Gasteiger partial charge in [0, 0.05) is 24.3 Å². The summed E-state index contributed by atoms with van der Waals surface area (Å²) in [5.41, 5.74) is 6.91. The van der Waals surface area contributed by atoms with Crippen molar-refractivity contribution in [3.63, 3.8) is 0 Å². The number of carbonyl (C=O) groups is 1. The number of hydrogen-bond acceptors (Lipinski definition) is 3. The lowest BCUT2D eigenvalue weighted by atomic mass is 10.0. The van der Waals surface area contributed by atoms with Crippen molar-refractivity contribution >= 4 is 11.6 Å². The molecule has 1 saturated heterocycles. The Hall–Kier alpha value is -1.71.